The van der Waals surface area contributed by atoms with Crippen molar-refractivity contribution in [3.8, 4) is 0 Å². The number of amides is 2. The Morgan fingerprint density at radius 3 is 2.24 bits per heavy atom. The summed E-state index contributed by atoms with van der Waals surface area (Å²) >= 11 is 0. The van der Waals surface area contributed by atoms with Crippen LogP contribution in [-0.2, 0) is 14.3 Å². The highest BCUT2D eigenvalue weighted by atomic mass is 16.5. The first-order chi connectivity index (χ1) is 10.1. The highest BCUT2D eigenvalue weighted by molar-refractivity contribution is 6.39. The quantitative estimate of drug-likeness (QED) is 0.652. The Labute approximate surface area is 122 Å². The molecule has 2 rings (SSSR count). The molecule has 1 aromatic rings. The van der Waals surface area contributed by atoms with Gasteiger partial charge in [-0.05, 0) is 37.1 Å². The summed E-state index contributed by atoms with van der Waals surface area (Å²) in [5.74, 6) is -1.78. The van der Waals surface area contributed by atoms with Crippen LogP contribution < -0.4 is 10.6 Å². The van der Waals surface area contributed by atoms with Crippen LogP contribution in [0.4, 0.5) is 5.69 Å². The molecule has 2 N–H and O–H groups in total. The molecule has 1 fully saturated rings. The molecule has 0 radical (unpaired) electrons. The van der Waals surface area contributed by atoms with E-state index in [1.807, 2.05) is 0 Å². The van der Waals surface area contributed by atoms with Crippen LogP contribution in [0.1, 0.15) is 36.0 Å². The minimum atomic E-state index is -0.701. The van der Waals surface area contributed by atoms with E-state index in [0.717, 1.165) is 25.7 Å². The lowest BCUT2D eigenvalue weighted by Crippen LogP contribution is -2.40. The summed E-state index contributed by atoms with van der Waals surface area (Å²) in [5, 5.41) is 5.21. The van der Waals surface area contributed by atoms with Crippen LogP contribution in [0.25, 0.3) is 0 Å². The summed E-state index contributed by atoms with van der Waals surface area (Å²) in [6.07, 6.45) is 4.02. The van der Waals surface area contributed by atoms with Gasteiger partial charge in [-0.1, -0.05) is 12.8 Å². The fraction of sp³-hybridized carbons (Fsp3) is 0.400. The molecule has 1 aromatic carbocycles. The number of esters is 1. The summed E-state index contributed by atoms with van der Waals surface area (Å²) in [4.78, 5) is 34.8. The summed E-state index contributed by atoms with van der Waals surface area (Å²) in [6.45, 7) is 0. The van der Waals surface area contributed by atoms with E-state index in [1.165, 1.54) is 19.2 Å². The first-order valence-corrected chi connectivity index (χ1v) is 6.90. The Kier molecular flexibility index (Phi) is 4.92. The van der Waals surface area contributed by atoms with Crippen LogP contribution in [0.15, 0.2) is 24.3 Å². The molecule has 1 saturated carbocycles. The summed E-state index contributed by atoms with van der Waals surface area (Å²) < 4.78 is 4.58. The normalized spacial score (nSPS) is 14.5. The molecule has 0 spiro atoms. The van der Waals surface area contributed by atoms with Crippen molar-refractivity contribution in [2.24, 2.45) is 0 Å². The largest absolute Gasteiger partial charge is 0.465 e. The predicted octanol–water partition coefficient (Wildman–Crippen LogP) is 1.47. The maximum atomic E-state index is 11.8. The number of hydrogen-bond donors (Lipinski definition) is 2. The van der Waals surface area contributed by atoms with Gasteiger partial charge < -0.3 is 15.4 Å². The van der Waals surface area contributed by atoms with E-state index in [9.17, 15) is 14.4 Å². The molecule has 112 valence electrons. The zero-order chi connectivity index (χ0) is 15.2. The van der Waals surface area contributed by atoms with Gasteiger partial charge in [0.25, 0.3) is 0 Å². The van der Waals surface area contributed by atoms with E-state index >= 15 is 0 Å². The van der Waals surface area contributed by atoms with Gasteiger partial charge in [-0.3, -0.25) is 9.59 Å². The topological polar surface area (TPSA) is 84.5 Å². The van der Waals surface area contributed by atoms with Crippen molar-refractivity contribution in [2.45, 2.75) is 31.7 Å². The maximum Gasteiger partial charge on any atom is 0.337 e. The van der Waals surface area contributed by atoms with Crippen LogP contribution in [-0.4, -0.2) is 30.9 Å². The van der Waals surface area contributed by atoms with Crippen molar-refractivity contribution < 1.29 is 19.1 Å². The number of methoxy groups -OCH3 is 1. The van der Waals surface area contributed by atoms with E-state index in [4.69, 9.17) is 0 Å². The molecule has 2 amide bonds. The number of anilines is 1. The lowest BCUT2D eigenvalue weighted by atomic mass is 10.2. The summed E-state index contributed by atoms with van der Waals surface area (Å²) in [6, 6.07) is 6.25. The van der Waals surface area contributed by atoms with Gasteiger partial charge in [-0.15, -0.1) is 0 Å². The molecule has 0 saturated heterocycles. The second-order valence-corrected chi connectivity index (χ2v) is 4.98. The van der Waals surface area contributed by atoms with Gasteiger partial charge in [-0.2, -0.15) is 0 Å². The average Bonchev–Trinajstić information content (AvgIpc) is 3.00. The molecule has 1 aliphatic rings. The fourth-order valence-electron chi connectivity index (χ4n) is 2.32. The van der Waals surface area contributed by atoms with Gasteiger partial charge in [0.05, 0.1) is 12.7 Å². The van der Waals surface area contributed by atoms with E-state index < -0.39 is 17.8 Å². The Bertz CT molecular complexity index is 533. The van der Waals surface area contributed by atoms with Crippen molar-refractivity contribution >= 4 is 23.5 Å². The summed E-state index contributed by atoms with van der Waals surface area (Å²) in [7, 11) is 1.30. The van der Waals surface area contributed by atoms with Gasteiger partial charge in [-0.25, -0.2) is 4.79 Å². The first kappa shape index (κ1) is 15.0. The molecule has 0 unspecified atom stereocenters. The number of ether oxygens (including phenoxy) is 1. The van der Waals surface area contributed by atoms with E-state index in [2.05, 4.69) is 15.4 Å². The highest BCUT2D eigenvalue weighted by Crippen LogP contribution is 2.17. The third kappa shape index (κ3) is 4.05. The molecule has 0 aliphatic heterocycles. The minimum Gasteiger partial charge on any atom is -0.465 e. The fourth-order valence-corrected chi connectivity index (χ4v) is 2.32. The van der Waals surface area contributed by atoms with E-state index in [0.29, 0.717) is 11.3 Å². The number of nitrogens with one attached hydrogen (secondary N) is 2. The van der Waals surface area contributed by atoms with Gasteiger partial charge in [0.2, 0.25) is 0 Å². The van der Waals surface area contributed by atoms with Gasteiger partial charge in [0.1, 0.15) is 0 Å². The Balaban J connectivity index is 1.89. The van der Waals surface area contributed by atoms with Crippen molar-refractivity contribution in [2.75, 3.05) is 12.4 Å². The van der Waals surface area contributed by atoms with Crippen molar-refractivity contribution in [1.29, 1.82) is 0 Å². The maximum absolute atomic E-state index is 11.8. The zero-order valence-corrected chi connectivity index (χ0v) is 11.8. The Morgan fingerprint density at radius 2 is 1.67 bits per heavy atom. The van der Waals surface area contributed by atoms with Crippen LogP contribution in [0, 0.1) is 0 Å². The molecule has 0 aromatic heterocycles. The highest BCUT2D eigenvalue weighted by Gasteiger charge is 2.21. The van der Waals surface area contributed by atoms with Gasteiger partial charge in [0, 0.05) is 11.7 Å². The van der Waals surface area contributed by atoms with E-state index in [-0.39, 0.29) is 6.04 Å². The van der Waals surface area contributed by atoms with Crippen molar-refractivity contribution in [3.63, 3.8) is 0 Å². The minimum absolute atomic E-state index is 0.102. The smallest absolute Gasteiger partial charge is 0.337 e. The molecular formula is C15H18N2O4. The van der Waals surface area contributed by atoms with Crippen LogP contribution in [0.5, 0.6) is 0 Å². The monoisotopic (exact) mass is 290 g/mol. The number of rotatable bonds is 3. The second-order valence-electron chi connectivity index (χ2n) is 4.98. The van der Waals surface area contributed by atoms with Crippen LogP contribution >= 0.6 is 0 Å². The number of carbonyl (C=O) groups is 3. The molecule has 6 nitrogen and oxygen atoms in total. The van der Waals surface area contributed by atoms with Crippen molar-refractivity contribution in [1.82, 2.24) is 5.32 Å². The van der Waals surface area contributed by atoms with Crippen molar-refractivity contribution in [3.05, 3.63) is 29.8 Å². The summed E-state index contributed by atoms with van der Waals surface area (Å²) in [5.41, 5.74) is 0.833. The number of carbonyl (C=O) groups excluding carboxylic acids is 3. The number of benzene rings is 1. The molecule has 21 heavy (non-hydrogen) atoms. The first-order valence-electron chi connectivity index (χ1n) is 6.90. The van der Waals surface area contributed by atoms with Gasteiger partial charge >= 0.3 is 17.8 Å². The van der Waals surface area contributed by atoms with E-state index in [1.54, 1.807) is 12.1 Å². The second kappa shape index (κ2) is 6.88. The Morgan fingerprint density at radius 1 is 1.05 bits per heavy atom. The SMILES string of the molecule is COC(=O)c1ccc(NC(=O)C(=O)NC2CCCC2)cc1. The van der Waals surface area contributed by atoms with Crippen LogP contribution in [0.2, 0.25) is 0 Å². The van der Waals surface area contributed by atoms with Gasteiger partial charge in [0.15, 0.2) is 0 Å². The predicted molar refractivity (Wildman–Crippen MR) is 76.8 cm³/mol. The molecule has 0 heterocycles. The third-order valence-electron chi connectivity index (χ3n) is 3.46. The average molecular weight is 290 g/mol. The van der Waals surface area contributed by atoms with Crippen LogP contribution in [0.3, 0.4) is 0 Å². The zero-order valence-electron chi connectivity index (χ0n) is 11.8. The molecular weight excluding hydrogens is 272 g/mol. The molecule has 0 atom stereocenters. The molecule has 0 bridgehead atoms. The molecule has 1 aliphatic carbocycles. The lowest BCUT2D eigenvalue weighted by Gasteiger charge is -2.11. The Hall–Kier alpha value is -2.37. The standard InChI is InChI=1S/C15H18N2O4/c1-21-15(20)10-6-8-12(9-7-10)17-14(19)13(18)16-11-4-2-3-5-11/h6-9,11H,2-5H2,1H3,(H,16,18)(H,17,19). The molecule has 6 heteroatoms. The number of hydrogen-bond acceptors (Lipinski definition) is 4. The third-order valence-corrected chi connectivity index (χ3v) is 3.46. The lowest BCUT2D eigenvalue weighted by molar-refractivity contribution is -0.136.